The zero-order valence-electron chi connectivity index (χ0n) is 52.0. The number of alkyl halides is 3. The maximum atomic E-state index is 14.5. The van der Waals surface area contributed by atoms with Gasteiger partial charge >= 0.3 is 6.18 Å². The van der Waals surface area contributed by atoms with Crippen molar-refractivity contribution in [2.45, 2.75) is 205 Å². The van der Waals surface area contributed by atoms with Crippen LogP contribution in [-0.2, 0) is 61.0 Å². The van der Waals surface area contributed by atoms with Crippen LogP contribution in [0.15, 0.2) is 59.5 Å². The molecule has 2 rings (SSSR count). The van der Waals surface area contributed by atoms with Crippen LogP contribution in [-0.4, -0.2) is 141 Å². The fraction of sp³-hybridized carbons (Fsp3) is 0.667. The number of halogens is 3. The van der Waals surface area contributed by atoms with Crippen LogP contribution in [0.4, 0.5) is 13.2 Å². The predicted octanol–water partition coefficient (Wildman–Crippen LogP) is 2.72. The summed E-state index contributed by atoms with van der Waals surface area (Å²) < 4.78 is 68.7. The molecule has 0 fully saturated rings. The van der Waals surface area contributed by atoms with Gasteiger partial charge in [-0.1, -0.05) is 85.7 Å². The zero-order valence-corrected chi connectivity index (χ0v) is 52.8. The standard InChI is InChI=1S/C60H100F3N13O10S/c1-37(2)30-43(35-76(36-52(68)77)87(85,86)44-25-23-42(24-26-44)60(61,62)63)69-54(79)46(20-12-15-27-64)70-55(80)47(21-13-16-28-65)71-58(83)50(32-39(5)6)75-59(84)51(33-40(7)8)74-56(81)48(22-14-17-29-66)72-57(82)49(31-38(3)4)73-53(78)45(67)34-41-18-10-9-11-19-41/h9-11,18-19,23-26,37-40,43,45-51H,12-17,20-22,27-36,64-67H2,1-8H3,(H2,68,77)(H,69,79)(H,70,80)(H,71,83)(H,72,82)(H,73,78)(H,74,81)(H,75,84)/t43-,45-,46-,47-,48-,49-,50-,51-/m0/s1. The van der Waals surface area contributed by atoms with Crippen LogP contribution in [0.1, 0.15) is 150 Å². The number of rotatable bonds is 42. The lowest BCUT2D eigenvalue weighted by Gasteiger charge is -2.30. The number of nitrogens with zero attached hydrogens (tertiary/aromatic N) is 1. The van der Waals surface area contributed by atoms with E-state index in [-0.39, 0.29) is 88.1 Å². The molecule has 0 aromatic heterocycles. The third-order valence-electron chi connectivity index (χ3n) is 14.1. The average Bonchev–Trinajstić information content (AvgIpc) is 1.55. The van der Waals surface area contributed by atoms with Gasteiger partial charge < -0.3 is 65.9 Å². The Labute approximate surface area is 512 Å². The van der Waals surface area contributed by atoms with Crippen molar-refractivity contribution in [3.05, 3.63) is 65.7 Å². The Balaban J connectivity index is 2.47. The SMILES string of the molecule is CC(C)C[C@@H](CN(CC(N)=O)S(=O)(=O)c1ccc(C(F)(F)F)cc1)NC(=O)[C@H](CCCCN)NC(=O)[C@H](CCCCN)NC(=O)[C@H](CC(C)C)NC(=O)[C@H](CC(C)C)NC(=O)[C@H](CCCCN)NC(=O)[C@H](CC(C)C)NC(=O)[C@@H](N)Cc1ccccc1. The molecule has 23 nitrogen and oxygen atoms in total. The van der Waals surface area contributed by atoms with E-state index in [1.165, 1.54) is 0 Å². The molecule has 492 valence electrons. The highest BCUT2D eigenvalue weighted by Gasteiger charge is 2.37. The number of hydrogen-bond acceptors (Lipinski definition) is 14. The monoisotopic (exact) mass is 1250 g/mol. The van der Waals surface area contributed by atoms with Crippen LogP contribution < -0.4 is 65.9 Å². The summed E-state index contributed by atoms with van der Waals surface area (Å²) in [5.41, 5.74) is 28.9. The summed E-state index contributed by atoms with van der Waals surface area (Å²) >= 11 is 0. The fourth-order valence-corrected chi connectivity index (χ4v) is 11.1. The quantitative estimate of drug-likeness (QED) is 0.0426. The fourth-order valence-electron chi connectivity index (χ4n) is 9.68. The largest absolute Gasteiger partial charge is 0.416 e. The van der Waals surface area contributed by atoms with E-state index >= 15 is 0 Å². The number of benzene rings is 2. The maximum absolute atomic E-state index is 14.5. The molecule has 0 aliphatic rings. The predicted molar refractivity (Wildman–Crippen MR) is 328 cm³/mol. The first kappa shape index (κ1) is 76.8. The van der Waals surface area contributed by atoms with Crippen molar-refractivity contribution in [2.75, 3.05) is 32.7 Å². The molecule has 0 bridgehead atoms. The number of nitrogens with one attached hydrogen (secondary N) is 7. The number of amides is 8. The molecule has 0 radical (unpaired) electrons. The van der Waals surface area contributed by atoms with E-state index in [0.29, 0.717) is 61.5 Å². The molecular weight excluding hydrogens is 1150 g/mol. The van der Waals surface area contributed by atoms with Gasteiger partial charge in [-0.25, -0.2) is 8.42 Å². The van der Waals surface area contributed by atoms with Gasteiger partial charge in [-0.05, 0) is 163 Å². The molecule has 0 aliphatic carbocycles. The third kappa shape index (κ3) is 29.1. The number of unbranched alkanes of at least 4 members (excludes halogenated alkanes) is 3. The Bertz CT molecular complexity index is 2580. The number of carbonyl (C=O) groups is 8. The first-order chi connectivity index (χ1) is 40.8. The summed E-state index contributed by atoms with van der Waals surface area (Å²) in [7, 11) is -4.68. The summed E-state index contributed by atoms with van der Waals surface area (Å²) in [6, 6.07) is 2.56. The molecule has 27 heteroatoms. The first-order valence-electron chi connectivity index (χ1n) is 30.3. The highest BCUT2D eigenvalue weighted by atomic mass is 32.2. The summed E-state index contributed by atoms with van der Waals surface area (Å²) in [4.78, 5) is 111. The minimum Gasteiger partial charge on any atom is -0.369 e. The van der Waals surface area contributed by atoms with E-state index in [2.05, 4.69) is 37.2 Å². The van der Waals surface area contributed by atoms with Crippen LogP contribution >= 0.6 is 0 Å². The van der Waals surface area contributed by atoms with Gasteiger partial charge in [0.1, 0.15) is 36.3 Å². The van der Waals surface area contributed by atoms with Crippen LogP contribution in [0.5, 0.6) is 0 Å². The van der Waals surface area contributed by atoms with Crippen molar-refractivity contribution in [3.63, 3.8) is 0 Å². The lowest BCUT2D eigenvalue weighted by Crippen LogP contribution is -2.60. The third-order valence-corrected chi connectivity index (χ3v) is 15.9. The van der Waals surface area contributed by atoms with Crippen LogP contribution in [0.25, 0.3) is 0 Å². The normalized spacial score (nSPS) is 14.8. The lowest BCUT2D eigenvalue weighted by molar-refractivity contribution is -0.137. The van der Waals surface area contributed by atoms with E-state index in [4.69, 9.17) is 28.7 Å². The Hall–Kier alpha value is -6.26. The second-order valence-corrected chi connectivity index (χ2v) is 26.0. The van der Waals surface area contributed by atoms with Gasteiger partial charge in [0, 0.05) is 12.6 Å². The lowest BCUT2D eigenvalue weighted by atomic mass is 9.98. The molecule has 8 amide bonds. The smallest absolute Gasteiger partial charge is 0.369 e. The second kappa shape index (κ2) is 38.9. The van der Waals surface area contributed by atoms with Gasteiger partial charge in [0.05, 0.1) is 23.0 Å². The van der Waals surface area contributed by atoms with Gasteiger partial charge in [-0.2, -0.15) is 17.5 Å². The number of carbonyl (C=O) groups excluding carboxylic acids is 8. The molecule has 0 aliphatic heterocycles. The van der Waals surface area contributed by atoms with Gasteiger partial charge in [-0.15, -0.1) is 0 Å². The molecule has 0 heterocycles. The number of sulfonamides is 1. The minimum atomic E-state index is -4.76. The molecule has 87 heavy (non-hydrogen) atoms. The second-order valence-electron chi connectivity index (χ2n) is 24.0. The van der Waals surface area contributed by atoms with Gasteiger partial charge in [-0.3, -0.25) is 38.4 Å². The van der Waals surface area contributed by atoms with Crippen LogP contribution in [0, 0.1) is 23.7 Å². The summed E-state index contributed by atoms with van der Waals surface area (Å²) in [5, 5.41) is 19.5. The first-order valence-corrected chi connectivity index (χ1v) is 31.7. The molecule has 0 unspecified atom stereocenters. The Kier molecular flexibility index (Phi) is 34.4. The van der Waals surface area contributed by atoms with Crippen molar-refractivity contribution >= 4 is 57.3 Å². The summed E-state index contributed by atoms with van der Waals surface area (Å²) in [6.45, 7) is 14.0. The molecule has 0 saturated carbocycles. The van der Waals surface area contributed by atoms with Crippen LogP contribution in [0.3, 0.4) is 0 Å². The Morgan fingerprint density at radius 2 is 0.828 bits per heavy atom. The van der Waals surface area contributed by atoms with Crippen LogP contribution in [0.2, 0.25) is 0 Å². The van der Waals surface area contributed by atoms with E-state index in [1.54, 1.807) is 13.8 Å². The highest BCUT2D eigenvalue weighted by Crippen LogP contribution is 2.30. The van der Waals surface area contributed by atoms with Crippen molar-refractivity contribution < 1.29 is 59.9 Å². The molecule has 0 saturated heterocycles. The topological polar surface area (TPSA) is 388 Å². The van der Waals surface area contributed by atoms with E-state index in [0.717, 1.165) is 17.7 Å². The van der Waals surface area contributed by atoms with E-state index in [1.807, 2.05) is 71.9 Å². The van der Waals surface area contributed by atoms with Crippen molar-refractivity contribution in [1.29, 1.82) is 0 Å². The average molecular weight is 1250 g/mol. The molecule has 2 aromatic carbocycles. The number of hydrogen-bond donors (Lipinski definition) is 12. The Morgan fingerprint density at radius 1 is 0.483 bits per heavy atom. The zero-order chi connectivity index (χ0) is 65.6. The van der Waals surface area contributed by atoms with Crippen molar-refractivity contribution in [2.24, 2.45) is 52.3 Å². The van der Waals surface area contributed by atoms with Crippen molar-refractivity contribution in [1.82, 2.24) is 41.5 Å². The molecule has 8 atom stereocenters. The summed E-state index contributed by atoms with van der Waals surface area (Å²) in [5.74, 6) is -6.57. The minimum absolute atomic E-state index is 0.0347. The summed E-state index contributed by atoms with van der Waals surface area (Å²) in [6.07, 6.45) is -1.28. The maximum Gasteiger partial charge on any atom is 0.416 e. The Morgan fingerprint density at radius 3 is 1.17 bits per heavy atom. The molecule has 0 spiro atoms. The molecule has 2 aromatic rings. The van der Waals surface area contributed by atoms with Crippen molar-refractivity contribution in [3.8, 4) is 0 Å². The van der Waals surface area contributed by atoms with Gasteiger partial charge in [0.25, 0.3) is 0 Å². The number of primary amides is 1. The highest BCUT2D eigenvalue weighted by molar-refractivity contribution is 7.89. The molecular formula is C60H100F3N13O10S. The van der Waals surface area contributed by atoms with Gasteiger partial charge in [0.2, 0.25) is 57.3 Å². The van der Waals surface area contributed by atoms with Gasteiger partial charge in [0.15, 0.2) is 0 Å². The van der Waals surface area contributed by atoms with E-state index < -0.39 is 135 Å². The van der Waals surface area contributed by atoms with E-state index in [9.17, 15) is 59.9 Å². The number of nitrogens with two attached hydrogens (primary N) is 5. The molecule has 17 N–H and O–H groups in total.